The second-order valence-corrected chi connectivity index (χ2v) is 9.40. The van der Waals surface area contributed by atoms with E-state index in [9.17, 15) is 4.79 Å². The molecule has 180 valence electrons. The Balaban J connectivity index is 1.68. The van der Waals surface area contributed by atoms with Crippen molar-refractivity contribution >= 4 is 23.1 Å². The first-order valence-corrected chi connectivity index (χ1v) is 11.8. The molecule has 1 aliphatic heterocycles. The number of halogens is 2. The van der Waals surface area contributed by atoms with Gasteiger partial charge in [-0.25, -0.2) is 14.4 Å². The lowest BCUT2D eigenvalue weighted by atomic mass is 10.1. The number of pyridine rings is 1. The summed E-state index contributed by atoms with van der Waals surface area (Å²) in [6.45, 7) is 8.51. The van der Waals surface area contributed by atoms with Crippen LogP contribution >= 0.6 is 11.6 Å². The smallest absolute Gasteiger partial charge is 0.261 e. The first kappa shape index (κ1) is 23.4. The lowest BCUT2D eigenvalue weighted by Crippen LogP contribution is -2.43. The number of fused-ring (bicyclic) bond motifs is 1. The molecule has 0 spiro atoms. The molecular weight excluding hydrogens is 469 g/mol. The maximum Gasteiger partial charge on any atom is 0.261 e. The Bertz CT molecular complexity index is 1510. The quantitative estimate of drug-likeness (QED) is 0.407. The summed E-state index contributed by atoms with van der Waals surface area (Å²) in [5.74, 6) is 0.0111. The fourth-order valence-electron chi connectivity index (χ4n) is 4.43. The summed E-state index contributed by atoms with van der Waals surface area (Å²) in [5, 5.41) is 0.279. The van der Waals surface area contributed by atoms with Gasteiger partial charge in [-0.05, 0) is 63.6 Å². The second kappa shape index (κ2) is 9.02. The number of aromatic nitrogens is 4. The van der Waals surface area contributed by atoms with E-state index in [-0.39, 0.29) is 34.0 Å². The number of morpholine rings is 1. The van der Waals surface area contributed by atoms with Crippen LogP contribution < -0.4 is 10.5 Å². The van der Waals surface area contributed by atoms with Crippen LogP contribution in [-0.2, 0) is 4.74 Å². The van der Waals surface area contributed by atoms with Crippen molar-refractivity contribution in [2.75, 3.05) is 18.0 Å². The Morgan fingerprint density at radius 3 is 2.66 bits per heavy atom. The molecule has 1 saturated heterocycles. The lowest BCUT2D eigenvalue weighted by Gasteiger charge is -2.38. The highest BCUT2D eigenvalue weighted by Crippen LogP contribution is 2.32. The number of hydrogen-bond acceptors (Lipinski definition) is 6. The van der Waals surface area contributed by atoms with Gasteiger partial charge in [0, 0.05) is 46.8 Å². The molecule has 2 unspecified atom stereocenters. The minimum atomic E-state index is -0.531. The van der Waals surface area contributed by atoms with Crippen molar-refractivity contribution in [1.82, 2.24) is 19.4 Å². The number of rotatable bonds is 3. The third-order valence-corrected chi connectivity index (χ3v) is 6.56. The van der Waals surface area contributed by atoms with E-state index < -0.39 is 5.82 Å². The van der Waals surface area contributed by atoms with E-state index in [0.717, 1.165) is 11.3 Å². The highest BCUT2D eigenvalue weighted by atomic mass is 35.5. The summed E-state index contributed by atoms with van der Waals surface area (Å²) < 4.78 is 22.7. The number of anilines is 1. The van der Waals surface area contributed by atoms with Crippen LogP contribution in [0.2, 0.25) is 5.02 Å². The van der Waals surface area contributed by atoms with Gasteiger partial charge < -0.3 is 9.64 Å². The van der Waals surface area contributed by atoms with E-state index in [0.29, 0.717) is 35.8 Å². The molecule has 3 aromatic heterocycles. The van der Waals surface area contributed by atoms with Gasteiger partial charge >= 0.3 is 0 Å². The van der Waals surface area contributed by atoms with E-state index in [2.05, 4.69) is 14.9 Å². The molecule has 9 heteroatoms. The minimum Gasteiger partial charge on any atom is -0.367 e. The van der Waals surface area contributed by atoms with Gasteiger partial charge in [0.05, 0.1) is 12.3 Å². The first-order chi connectivity index (χ1) is 16.7. The molecule has 2 atom stereocenters. The Hall–Kier alpha value is -3.36. The summed E-state index contributed by atoms with van der Waals surface area (Å²) in [5.41, 5.74) is 3.63. The predicted octanol–water partition coefficient (Wildman–Crippen LogP) is 4.84. The van der Waals surface area contributed by atoms with Gasteiger partial charge in [-0.15, -0.1) is 0 Å². The molecule has 1 aromatic carbocycles. The molecule has 0 bridgehead atoms. The van der Waals surface area contributed by atoms with Gasteiger partial charge in [0.1, 0.15) is 23.4 Å². The van der Waals surface area contributed by atoms with Crippen LogP contribution in [0, 0.1) is 26.6 Å². The molecular formula is C26H25ClFN5O2. The Labute approximate surface area is 207 Å². The molecule has 35 heavy (non-hydrogen) atoms. The molecule has 7 nitrogen and oxygen atoms in total. The van der Waals surface area contributed by atoms with Crippen LogP contribution in [0.4, 0.5) is 10.2 Å². The summed E-state index contributed by atoms with van der Waals surface area (Å²) >= 11 is 5.99. The summed E-state index contributed by atoms with van der Waals surface area (Å²) in [4.78, 5) is 29.0. The number of hydrogen-bond donors (Lipinski definition) is 0. The average molecular weight is 494 g/mol. The van der Waals surface area contributed by atoms with Crippen molar-refractivity contribution < 1.29 is 9.13 Å². The van der Waals surface area contributed by atoms with Crippen molar-refractivity contribution in [3.63, 3.8) is 0 Å². The number of nitrogens with zero attached hydrogens (tertiary/aromatic N) is 5. The van der Waals surface area contributed by atoms with E-state index in [4.69, 9.17) is 21.3 Å². The zero-order valence-corrected chi connectivity index (χ0v) is 20.7. The van der Waals surface area contributed by atoms with E-state index in [1.54, 1.807) is 38.4 Å². The van der Waals surface area contributed by atoms with Gasteiger partial charge in [0.25, 0.3) is 5.56 Å². The monoisotopic (exact) mass is 493 g/mol. The molecule has 4 aromatic rings. The van der Waals surface area contributed by atoms with Crippen LogP contribution in [-0.4, -0.2) is 38.5 Å². The van der Waals surface area contributed by atoms with Crippen molar-refractivity contribution in [2.45, 2.75) is 39.9 Å². The topological polar surface area (TPSA) is 72.6 Å². The highest BCUT2D eigenvalue weighted by Gasteiger charge is 2.29. The van der Waals surface area contributed by atoms with Gasteiger partial charge in [-0.2, -0.15) is 0 Å². The Morgan fingerprint density at radius 1 is 1.11 bits per heavy atom. The largest absolute Gasteiger partial charge is 0.367 e. The first-order valence-electron chi connectivity index (χ1n) is 11.4. The number of ether oxygens (including phenoxy) is 1. The molecule has 4 heterocycles. The average Bonchev–Trinajstić information content (AvgIpc) is 2.82. The van der Waals surface area contributed by atoms with Crippen LogP contribution in [0.5, 0.6) is 0 Å². The summed E-state index contributed by atoms with van der Waals surface area (Å²) in [7, 11) is 0. The maximum atomic E-state index is 15.0. The van der Waals surface area contributed by atoms with Gasteiger partial charge in [0.15, 0.2) is 5.65 Å². The van der Waals surface area contributed by atoms with E-state index in [1.165, 1.54) is 10.5 Å². The van der Waals surface area contributed by atoms with Crippen molar-refractivity contribution in [1.29, 1.82) is 0 Å². The summed E-state index contributed by atoms with van der Waals surface area (Å²) in [6.07, 6.45) is 3.15. The molecule has 0 saturated carbocycles. The van der Waals surface area contributed by atoms with Gasteiger partial charge in [-0.1, -0.05) is 11.6 Å². The second-order valence-electron chi connectivity index (χ2n) is 8.96. The van der Waals surface area contributed by atoms with Crippen molar-refractivity contribution in [3.8, 4) is 11.3 Å². The zero-order valence-electron chi connectivity index (χ0n) is 19.9. The zero-order chi connectivity index (χ0) is 24.9. The van der Waals surface area contributed by atoms with Crippen LogP contribution in [0.3, 0.4) is 0 Å². The molecule has 1 fully saturated rings. The number of benzene rings is 1. The fraction of sp³-hybridized carbons (Fsp3) is 0.308. The normalized spacial score (nSPS) is 18.3. The molecule has 0 amide bonds. The molecule has 5 rings (SSSR count). The van der Waals surface area contributed by atoms with Crippen LogP contribution in [0.1, 0.15) is 35.5 Å². The third-order valence-electron chi connectivity index (χ3n) is 6.33. The van der Waals surface area contributed by atoms with E-state index in [1.807, 2.05) is 26.0 Å². The number of aryl methyl sites for hydroxylation is 2. The molecule has 0 aliphatic carbocycles. The van der Waals surface area contributed by atoms with Crippen LogP contribution in [0.25, 0.3) is 16.9 Å². The summed E-state index contributed by atoms with van der Waals surface area (Å²) in [6, 6.07) is 8.35. The highest BCUT2D eigenvalue weighted by molar-refractivity contribution is 6.30. The van der Waals surface area contributed by atoms with Gasteiger partial charge in [0.2, 0.25) is 0 Å². The fourth-order valence-corrected chi connectivity index (χ4v) is 4.59. The standard InChI is InChI=1S/C26H25ClFN5O2/c1-14-9-18(7-8-29-14)22-12-32(11-15(2)35-22)23-13-33-25(30-17(4)16(3)26(33)34)24(31-23)20-6-5-19(27)10-21(20)28/h5-10,13,15,22H,11-12H2,1-4H3. The maximum absolute atomic E-state index is 15.0. The van der Waals surface area contributed by atoms with Crippen LogP contribution in [0.15, 0.2) is 47.5 Å². The van der Waals surface area contributed by atoms with Crippen molar-refractivity contribution in [2.24, 2.45) is 0 Å². The predicted molar refractivity (Wildman–Crippen MR) is 134 cm³/mol. The minimum absolute atomic E-state index is 0.0926. The Kier molecular flexibility index (Phi) is 6.02. The third kappa shape index (κ3) is 4.39. The van der Waals surface area contributed by atoms with Crippen molar-refractivity contribution in [3.05, 3.63) is 86.4 Å². The molecule has 0 radical (unpaired) electrons. The molecule has 0 N–H and O–H groups in total. The van der Waals surface area contributed by atoms with E-state index >= 15 is 4.39 Å². The van der Waals surface area contributed by atoms with Gasteiger partial charge in [-0.3, -0.25) is 14.2 Å². The molecule has 1 aliphatic rings. The lowest BCUT2D eigenvalue weighted by molar-refractivity contribution is -0.0177. The Morgan fingerprint density at radius 2 is 1.91 bits per heavy atom. The SMILES string of the molecule is Cc1cc(C2CN(c3cn4c(=O)c(C)c(C)nc4c(-c4ccc(Cl)cc4F)n3)CC(C)O2)ccn1.